The molecule has 2 rings (SSSR count). The second-order valence-corrected chi connectivity index (χ2v) is 7.71. The van der Waals surface area contributed by atoms with Gasteiger partial charge in [-0.05, 0) is 24.1 Å². The van der Waals surface area contributed by atoms with Gasteiger partial charge >= 0.3 is 0 Å². The quantitative estimate of drug-likeness (QED) is 0.451. The van der Waals surface area contributed by atoms with E-state index in [1.807, 2.05) is 32.9 Å². The van der Waals surface area contributed by atoms with Crippen molar-refractivity contribution in [2.45, 2.75) is 57.9 Å². The van der Waals surface area contributed by atoms with Crippen LogP contribution in [0.3, 0.4) is 0 Å². The Morgan fingerprint density at radius 3 is 2.30 bits per heavy atom. The molecule has 1 fully saturated rings. The third-order valence-corrected chi connectivity index (χ3v) is 4.40. The van der Waals surface area contributed by atoms with Crippen molar-refractivity contribution in [3.05, 3.63) is 29.8 Å². The zero-order valence-electron chi connectivity index (χ0n) is 15.8. The molecule has 1 aliphatic rings. The van der Waals surface area contributed by atoms with Crippen molar-refractivity contribution in [1.82, 2.24) is 5.32 Å². The van der Waals surface area contributed by atoms with Crippen LogP contribution in [-0.4, -0.2) is 70.2 Å². The van der Waals surface area contributed by atoms with Crippen LogP contribution in [0.2, 0.25) is 0 Å². The van der Waals surface area contributed by atoms with Gasteiger partial charge in [0.2, 0.25) is 12.2 Å². The number of hydrogen-bond donors (Lipinski definition) is 5. The topological polar surface area (TPSA) is 128 Å². The second kappa shape index (κ2) is 8.99. The maximum atomic E-state index is 11.8. The number of nitrogens with one attached hydrogen (secondary N) is 1. The Labute approximate surface area is 158 Å². The molecule has 152 valence electrons. The SMILES string of the molecule is CC(C)(C)C(=O)NCCc1ccc(O[C@H]2OC(CO)[C@H](O)[C@H](O)C2O)cc1. The summed E-state index contributed by atoms with van der Waals surface area (Å²) in [6.07, 6.45) is -5.92. The Morgan fingerprint density at radius 2 is 1.74 bits per heavy atom. The molecule has 1 amide bonds. The molecule has 27 heavy (non-hydrogen) atoms. The summed E-state index contributed by atoms with van der Waals surface area (Å²) >= 11 is 0. The smallest absolute Gasteiger partial charge is 0.229 e. The van der Waals surface area contributed by atoms with Crippen LogP contribution in [0.5, 0.6) is 5.75 Å². The predicted octanol–water partition coefficient (Wildman–Crippen LogP) is -0.430. The van der Waals surface area contributed by atoms with Crippen LogP contribution in [0.1, 0.15) is 26.3 Å². The highest BCUT2D eigenvalue weighted by molar-refractivity contribution is 5.81. The van der Waals surface area contributed by atoms with Crippen LogP contribution in [0, 0.1) is 5.41 Å². The average molecular weight is 383 g/mol. The fourth-order valence-corrected chi connectivity index (χ4v) is 2.62. The van der Waals surface area contributed by atoms with E-state index >= 15 is 0 Å². The van der Waals surface area contributed by atoms with Crippen molar-refractivity contribution in [3.63, 3.8) is 0 Å². The lowest BCUT2D eigenvalue weighted by atomic mass is 9.95. The Balaban J connectivity index is 1.89. The molecular weight excluding hydrogens is 354 g/mol. The van der Waals surface area contributed by atoms with E-state index < -0.39 is 42.7 Å². The van der Waals surface area contributed by atoms with Gasteiger partial charge < -0.3 is 35.2 Å². The minimum atomic E-state index is -1.48. The predicted molar refractivity (Wildman–Crippen MR) is 97.0 cm³/mol. The van der Waals surface area contributed by atoms with Crippen LogP contribution in [0.25, 0.3) is 0 Å². The number of aliphatic hydroxyl groups excluding tert-OH is 4. The van der Waals surface area contributed by atoms with Crippen molar-refractivity contribution in [2.75, 3.05) is 13.2 Å². The molecule has 2 unspecified atom stereocenters. The fourth-order valence-electron chi connectivity index (χ4n) is 2.62. The van der Waals surface area contributed by atoms with Crippen LogP contribution in [-0.2, 0) is 16.0 Å². The molecule has 1 aliphatic heterocycles. The van der Waals surface area contributed by atoms with E-state index in [-0.39, 0.29) is 5.91 Å². The zero-order chi connectivity index (χ0) is 20.2. The highest BCUT2D eigenvalue weighted by Crippen LogP contribution is 2.24. The van der Waals surface area contributed by atoms with Gasteiger partial charge in [-0.1, -0.05) is 32.9 Å². The zero-order valence-corrected chi connectivity index (χ0v) is 15.8. The minimum absolute atomic E-state index is 0.00919. The van der Waals surface area contributed by atoms with E-state index in [1.165, 1.54) is 0 Å². The number of benzene rings is 1. The van der Waals surface area contributed by atoms with Crippen LogP contribution in [0.15, 0.2) is 24.3 Å². The van der Waals surface area contributed by atoms with Crippen molar-refractivity contribution < 1.29 is 34.7 Å². The first kappa shape index (κ1) is 21.6. The molecule has 0 radical (unpaired) electrons. The third kappa shape index (κ3) is 5.63. The molecule has 0 aliphatic carbocycles. The van der Waals surface area contributed by atoms with E-state index in [0.717, 1.165) is 5.56 Å². The standard InChI is InChI=1S/C19H29NO7/c1-19(2,3)18(25)20-9-8-11-4-6-12(7-5-11)26-17-16(24)15(23)14(22)13(10-21)27-17/h4-7,13-17,21-24H,8-10H2,1-3H3,(H,20,25)/t13?,14-,15-,16?,17-/m0/s1. The largest absolute Gasteiger partial charge is 0.462 e. The minimum Gasteiger partial charge on any atom is -0.462 e. The average Bonchev–Trinajstić information content (AvgIpc) is 2.62. The molecule has 1 saturated heterocycles. The van der Waals surface area contributed by atoms with Crippen molar-refractivity contribution in [2.24, 2.45) is 5.41 Å². The fraction of sp³-hybridized carbons (Fsp3) is 0.632. The summed E-state index contributed by atoms with van der Waals surface area (Å²) in [6, 6.07) is 7.01. The van der Waals surface area contributed by atoms with Gasteiger partial charge in [0, 0.05) is 12.0 Å². The summed E-state index contributed by atoms with van der Waals surface area (Å²) in [7, 11) is 0. The van der Waals surface area contributed by atoms with Gasteiger partial charge in [0.1, 0.15) is 30.2 Å². The van der Waals surface area contributed by atoms with Crippen molar-refractivity contribution >= 4 is 5.91 Å². The molecule has 5 atom stereocenters. The van der Waals surface area contributed by atoms with Gasteiger partial charge in [0.05, 0.1) is 6.61 Å². The van der Waals surface area contributed by atoms with E-state index in [0.29, 0.717) is 18.7 Å². The number of carbonyl (C=O) groups is 1. The first-order valence-corrected chi connectivity index (χ1v) is 8.98. The van der Waals surface area contributed by atoms with Gasteiger partial charge in [0.25, 0.3) is 0 Å². The molecule has 1 aromatic carbocycles. The van der Waals surface area contributed by atoms with Gasteiger partial charge in [-0.15, -0.1) is 0 Å². The number of carbonyl (C=O) groups excluding carboxylic acids is 1. The van der Waals surface area contributed by atoms with Crippen LogP contribution < -0.4 is 10.1 Å². The molecule has 0 bridgehead atoms. The summed E-state index contributed by atoms with van der Waals surface area (Å²) in [4.78, 5) is 11.8. The summed E-state index contributed by atoms with van der Waals surface area (Å²) in [5, 5.41) is 41.6. The number of amides is 1. The van der Waals surface area contributed by atoms with Gasteiger partial charge in [0.15, 0.2) is 0 Å². The molecule has 0 aromatic heterocycles. The van der Waals surface area contributed by atoms with E-state index in [4.69, 9.17) is 9.47 Å². The molecule has 8 heteroatoms. The molecule has 1 heterocycles. The van der Waals surface area contributed by atoms with E-state index in [2.05, 4.69) is 5.32 Å². The Kier molecular flexibility index (Phi) is 7.19. The van der Waals surface area contributed by atoms with Gasteiger partial charge in [-0.3, -0.25) is 4.79 Å². The monoisotopic (exact) mass is 383 g/mol. The molecule has 0 saturated carbocycles. The maximum absolute atomic E-state index is 11.8. The highest BCUT2D eigenvalue weighted by Gasteiger charge is 2.44. The normalized spacial score (nSPS) is 28.6. The summed E-state index contributed by atoms with van der Waals surface area (Å²) in [6.45, 7) is 5.57. The van der Waals surface area contributed by atoms with Gasteiger partial charge in [-0.2, -0.15) is 0 Å². The molecule has 8 nitrogen and oxygen atoms in total. The maximum Gasteiger partial charge on any atom is 0.229 e. The highest BCUT2D eigenvalue weighted by atomic mass is 16.7. The lowest BCUT2D eigenvalue weighted by Crippen LogP contribution is -2.60. The Bertz CT molecular complexity index is 611. The van der Waals surface area contributed by atoms with Crippen molar-refractivity contribution in [1.29, 1.82) is 0 Å². The number of ether oxygens (including phenoxy) is 2. The van der Waals surface area contributed by atoms with Gasteiger partial charge in [-0.25, -0.2) is 0 Å². The molecular formula is C19H29NO7. The second-order valence-electron chi connectivity index (χ2n) is 7.71. The van der Waals surface area contributed by atoms with Crippen LogP contribution in [0.4, 0.5) is 0 Å². The van der Waals surface area contributed by atoms with Crippen LogP contribution >= 0.6 is 0 Å². The summed E-state index contributed by atoms with van der Waals surface area (Å²) in [5.41, 5.74) is 0.564. The summed E-state index contributed by atoms with van der Waals surface area (Å²) in [5.74, 6) is 0.395. The third-order valence-electron chi connectivity index (χ3n) is 4.40. The van der Waals surface area contributed by atoms with E-state index in [1.54, 1.807) is 12.1 Å². The van der Waals surface area contributed by atoms with E-state index in [9.17, 15) is 25.2 Å². The lowest BCUT2D eigenvalue weighted by Gasteiger charge is -2.39. The Hall–Kier alpha value is -1.71. The molecule has 1 aromatic rings. The Morgan fingerprint density at radius 1 is 1.11 bits per heavy atom. The summed E-state index contributed by atoms with van der Waals surface area (Å²) < 4.78 is 10.8. The molecule has 5 N–H and O–H groups in total. The first-order chi connectivity index (χ1) is 12.6. The number of rotatable bonds is 6. The number of aliphatic hydroxyl groups is 4. The lowest BCUT2D eigenvalue weighted by molar-refractivity contribution is -0.277. The van der Waals surface area contributed by atoms with Crippen molar-refractivity contribution in [3.8, 4) is 5.75 Å². The first-order valence-electron chi connectivity index (χ1n) is 8.98. The number of hydrogen-bond acceptors (Lipinski definition) is 7. The molecule has 0 spiro atoms.